The van der Waals surface area contributed by atoms with Gasteiger partial charge in [0.15, 0.2) is 5.82 Å². The van der Waals surface area contributed by atoms with E-state index in [1.165, 1.54) is 12.3 Å². The fourth-order valence-electron chi connectivity index (χ4n) is 0.987. The van der Waals surface area contributed by atoms with E-state index in [0.29, 0.717) is 10.2 Å². The predicted molar refractivity (Wildman–Crippen MR) is 73.5 cm³/mol. The van der Waals surface area contributed by atoms with Gasteiger partial charge in [-0.05, 0) is 22.0 Å². The van der Waals surface area contributed by atoms with Gasteiger partial charge in [-0.2, -0.15) is 0 Å². The topological polar surface area (TPSA) is 119 Å². The molecule has 0 spiro atoms. The molecule has 7 nitrogen and oxygen atoms in total. The first-order valence-electron chi connectivity index (χ1n) is 4.68. The van der Waals surface area contributed by atoms with E-state index in [2.05, 4.69) is 25.6 Å². The zero-order valence-corrected chi connectivity index (χ0v) is 12.6. The van der Waals surface area contributed by atoms with Crippen molar-refractivity contribution in [2.24, 2.45) is 0 Å². The van der Waals surface area contributed by atoms with E-state index in [1.807, 2.05) is 0 Å². The first kappa shape index (κ1) is 15.2. The Labute approximate surface area is 114 Å². The minimum absolute atomic E-state index is 0.0673. The maximum atomic E-state index is 11.6. The van der Waals surface area contributed by atoms with Crippen LogP contribution in [0.4, 0.5) is 11.5 Å². The monoisotopic (exact) mass is 357 g/mol. The number of halogens is 1. The van der Waals surface area contributed by atoms with Crippen LogP contribution in [0.25, 0.3) is 0 Å². The number of hydrogen-bond donors (Lipinski definition) is 2. The van der Waals surface area contributed by atoms with E-state index in [1.54, 1.807) is 0 Å². The highest BCUT2D eigenvalue weighted by Gasteiger charge is 2.16. The van der Waals surface area contributed by atoms with E-state index >= 15 is 0 Å². The third-order valence-corrected chi connectivity index (χ3v) is 4.89. The number of nitrogens with two attached hydrogens (primary N) is 1. The summed E-state index contributed by atoms with van der Waals surface area (Å²) in [6.07, 6.45) is 2.26. The lowest BCUT2D eigenvalue weighted by Crippen LogP contribution is -2.23. The number of anilines is 2. The molecule has 0 atom stereocenters. The second kappa shape index (κ2) is 5.41. The highest BCUT2D eigenvalue weighted by Crippen LogP contribution is 2.22. The predicted octanol–water partition coefficient (Wildman–Crippen LogP) is 0.213. The average molecular weight is 358 g/mol. The molecule has 0 aliphatic carbocycles. The van der Waals surface area contributed by atoms with Crippen molar-refractivity contribution in [3.05, 3.63) is 16.7 Å². The van der Waals surface area contributed by atoms with Crippen molar-refractivity contribution < 1.29 is 16.8 Å². The van der Waals surface area contributed by atoms with Gasteiger partial charge in [0.25, 0.3) is 0 Å². The number of pyridine rings is 1. The molecule has 10 heteroatoms. The fourth-order valence-corrected chi connectivity index (χ4v) is 4.23. The first-order valence-corrected chi connectivity index (χ1v) is 9.19. The number of hydrogen-bond acceptors (Lipinski definition) is 6. The van der Waals surface area contributed by atoms with Crippen LogP contribution in [0.2, 0.25) is 0 Å². The standard InChI is InChI=1S/C8H12BrN3O4S2/c1-17(13,14)2-3-18(15,16)12-8-7(9)4-6(10)5-11-8/h4-5H,2-3,10H2,1H3,(H,11,12). The molecule has 0 saturated heterocycles. The highest BCUT2D eigenvalue weighted by atomic mass is 79.9. The molecule has 0 aromatic carbocycles. The minimum Gasteiger partial charge on any atom is -0.397 e. The van der Waals surface area contributed by atoms with Crippen LogP contribution in [0.1, 0.15) is 0 Å². The summed E-state index contributed by atoms with van der Waals surface area (Å²) in [7, 11) is -7.10. The van der Waals surface area contributed by atoms with Crippen molar-refractivity contribution in [2.45, 2.75) is 0 Å². The first-order chi connectivity index (χ1) is 8.09. The maximum absolute atomic E-state index is 11.6. The molecule has 18 heavy (non-hydrogen) atoms. The quantitative estimate of drug-likeness (QED) is 0.777. The molecule has 1 rings (SSSR count). The molecular weight excluding hydrogens is 346 g/mol. The lowest BCUT2D eigenvalue weighted by atomic mass is 10.4. The van der Waals surface area contributed by atoms with Gasteiger partial charge in [-0.15, -0.1) is 0 Å². The molecule has 0 saturated carbocycles. The molecule has 0 unspecified atom stereocenters. The van der Waals surface area contributed by atoms with Crippen LogP contribution in [0, 0.1) is 0 Å². The Morgan fingerprint density at radius 2 is 1.94 bits per heavy atom. The van der Waals surface area contributed by atoms with Crippen LogP contribution in [0.3, 0.4) is 0 Å². The van der Waals surface area contributed by atoms with E-state index in [9.17, 15) is 16.8 Å². The SMILES string of the molecule is CS(=O)(=O)CCS(=O)(=O)Nc1ncc(N)cc1Br. The number of nitrogens with zero attached hydrogens (tertiary/aromatic N) is 1. The Kier molecular flexibility index (Phi) is 4.56. The van der Waals surface area contributed by atoms with Crippen LogP contribution >= 0.6 is 15.9 Å². The van der Waals surface area contributed by atoms with E-state index < -0.39 is 31.4 Å². The van der Waals surface area contributed by atoms with Gasteiger partial charge in [0.2, 0.25) is 10.0 Å². The number of nitrogen functional groups attached to an aromatic ring is 1. The van der Waals surface area contributed by atoms with Gasteiger partial charge in [0, 0.05) is 6.26 Å². The highest BCUT2D eigenvalue weighted by molar-refractivity contribution is 9.10. The van der Waals surface area contributed by atoms with Gasteiger partial charge in [0.05, 0.1) is 27.9 Å². The number of sulfonamides is 1. The second-order valence-corrected chi connectivity index (χ2v) is 8.61. The molecular formula is C8H12BrN3O4S2. The van der Waals surface area contributed by atoms with Crippen molar-refractivity contribution in [1.29, 1.82) is 0 Å². The van der Waals surface area contributed by atoms with Crippen LogP contribution in [-0.4, -0.2) is 39.6 Å². The summed E-state index contributed by atoms with van der Waals surface area (Å²) >= 11 is 3.10. The molecule has 0 fully saturated rings. The third-order valence-electron chi connectivity index (χ3n) is 1.84. The Morgan fingerprint density at radius 1 is 1.33 bits per heavy atom. The summed E-state index contributed by atoms with van der Waals surface area (Å²) < 4.78 is 47.6. The van der Waals surface area contributed by atoms with Gasteiger partial charge in [-0.3, -0.25) is 4.72 Å². The molecule has 102 valence electrons. The van der Waals surface area contributed by atoms with Crippen molar-refractivity contribution in [1.82, 2.24) is 4.98 Å². The van der Waals surface area contributed by atoms with Gasteiger partial charge in [-0.1, -0.05) is 0 Å². The van der Waals surface area contributed by atoms with Crippen molar-refractivity contribution in [2.75, 3.05) is 28.2 Å². The van der Waals surface area contributed by atoms with Crippen molar-refractivity contribution >= 4 is 47.3 Å². The summed E-state index contributed by atoms with van der Waals surface area (Å²) in [5.74, 6) is -0.906. The normalized spacial score (nSPS) is 12.3. The van der Waals surface area contributed by atoms with Crippen molar-refractivity contribution in [3.8, 4) is 0 Å². The number of aromatic nitrogens is 1. The minimum atomic E-state index is -3.77. The lowest BCUT2D eigenvalue weighted by Gasteiger charge is -2.08. The van der Waals surface area contributed by atoms with Crippen LogP contribution in [0.15, 0.2) is 16.7 Å². The summed E-state index contributed by atoms with van der Waals surface area (Å²) in [6, 6.07) is 1.49. The molecule has 0 bridgehead atoms. The number of rotatable bonds is 5. The Hall–Kier alpha value is -0.870. The zero-order chi connectivity index (χ0) is 14.0. The molecule has 3 N–H and O–H groups in total. The molecule has 1 heterocycles. The largest absolute Gasteiger partial charge is 0.397 e. The van der Waals surface area contributed by atoms with E-state index in [0.717, 1.165) is 6.26 Å². The third kappa shape index (κ3) is 5.19. The van der Waals surface area contributed by atoms with Crippen LogP contribution in [-0.2, 0) is 19.9 Å². The van der Waals surface area contributed by atoms with Crippen LogP contribution < -0.4 is 10.5 Å². The molecule has 0 aliphatic heterocycles. The van der Waals surface area contributed by atoms with Crippen molar-refractivity contribution in [3.63, 3.8) is 0 Å². The van der Waals surface area contributed by atoms with Crippen LogP contribution in [0.5, 0.6) is 0 Å². The van der Waals surface area contributed by atoms with Gasteiger partial charge < -0.3 is 5.73 Å². The summed E-state index contributed by atoms with van der Waals surface area (Å²) in [6.45, 7) is 0. The van der Waals surface area contributed by atoms with Gasteiger partial charge >= 0.3 is 0 Å². The average Bonchev–Trinajstić information content (AvgIpc) is 2.19. The maximum Gasteiger partial charge on any atom is 0.234 e. The molecule has 0 amide bonds. The van der Waals surface area contributed by atoms with Gasteiger partial charge in [-0.25, -0.2) is 21.8 Å². The zero-order valence-electron chi connectivity index (χ0n) is 9.42. The van der Waals surface area contributed by atoms with Gasteiger partial charge in [0.1, 0.15) is 9.84 Å². The van der Waals surface area contributed by atoms with E-state index in [-0.39, 0.29) is 5.82 Å². The summed E-state index contributed by atoms with van der Waals surface area (Å²) in [4.78, 5) is 3.80. The molecule has 1 aromatic rings. The second-order valence-electron chi connectivity index (χ2n) is 3.65. The lowest BCUT2D eigenvalue weighted by molar-refractivity contribution is 0.593. The fraction of sp³-hybridized carbons (Fsp3) is 0.375. The Balaban J connectivity index is 2.83. The van der Waals surface area contributed by atoms with E-state index in [4.69, 9.17) is 5.73 Å². The molecule has 1 aromatic heterocycles. The smallest absolute Gasteiger partial charge is 0.234 e. The molecule has 0 aliphatic rings. The number of sulfone groups is 1. The molecule has 0 radical (unpaired) electrons. The number of nitrogens with one attached hydrogen (secondary N) is 1. The Bertz CT molecular complexity index is 642. The Morgan fingerprint density at radius 3 is 2.44 bits per heavy atom. The summed E-state index contributed by atoms with van der Waals surface area (Å²) in [5, 5.41) is 0. The summed E-state index contributed by atoms with van der Waals surface area (Å²) in [5.41, 5.74) is 5.83.